The van der Waals surface area contributed by atoms with Gasteiger partial charge in [-0.05, 0) is 32.9 Å². The molecular formula is C14H18N4O2S. The Morgan fingerprint density at radius 3 is 2.95 bits per heavy atom. The largest absolute Gasteiger partial charge is 0.378 e. The second-order valence-corrected chi connectivity index (χ2v) is 6.70. The molecule has 0 amide bonds. The summed E-state index contributed by atoms with van der Waals surface area (Å²) >= 11 is 1.48. The Morgan fingerprint density at radius 2 is 2.29 bits per heavy atom. The van der Waals surface area contributed by atoms with Crippen molar-refractivity contribution in [1.82, 2.24) is 9.88 Å². The van der Waals surface area contributed by atoms with E-state index in [9.17, 15) is 10.1 Å². The van der Waals surface area contributed by atoms with Gasteiger partial charge in [0, 0.05) is 25.2 Å². The van der Waals surface area contributed by atoms with E-state index in [1.807, 2.05) is 6.92 Å². The van der Waals surface area contributed by atoms with Crippen LogP contribution in [-0.2, 0) is 0 Å². The lowest BCUT2D eigenvalue weighted by Gasteiger charge is -2.16. The number of nitro groups is 1. The Balaban J connectivity index is 1.78. The molecule has 1 aromatic heterocycles. The SMILES string of the molecule is Cc1nc2cc(NCCN(C)C3CC3)c([N+](=O)[O-])cc2s1. The van der Waals surface area contributed by atoms with Gasteiger partial charge in [-0.25, -0.2) is 4.98 Å². The van der Waals surface area contributed by atoms with Crippen molar-refractivity contribution in [2.75, 3.05) is 25.5 Å². The van der Waals surface area contributed by atoms with E-state index in [0.29, 0.717) is 18.3 Å². The zero-order chi connectivity index (χ0) is 15.0. The van der Waals surface area contributed by atoms with Crippen LogP contribution in [0.5, 0.6) is 0 Å². The van der Waals surface area contributed by atoms with Crippen molar-refractivity contribution >= 4 is 32.9 Å². The minimum atomic E-state index is -0.332. The van der Waals surface area contributed by atoms with Crippen molar-refractivity contribution < 1.29 is 4.92 Å². The van der Waals surface area contributed by atoms with Crippen LogP contribution in [0.15, 0.2) is 12.1 Å². The number of aromatic nitrogens is 1. The molecule has 2 aromatic rings. The number of hydrogen-bond acceptors (Lipinski definition) is 6. The van der Waals surface area contributed by atoms with E-state index in [4.69, 9.17) is 0 Å². The Hall–Kier alpha value is -1.73. The number of nitro benzene ring substituents is 1. The van der Waals surface area contributed by atoms with Gasteiger partial charge in [0.05, 0.1) is 20.1 Å². The lowest BCUT2D eigenvalue weighted by molar-refractivity contribution is -0.383. The summed E-state index contributed by atoms with van der Waals surface area (Å²) in [7, 11) is 2.10. The van der Waals surface area contributed by atoms with E-state index in [1.165, 1.54) is 24.2 Å². The maximum absolute atomic E-state index is 11.2. The highest BCUT2D eigenvalue weighted by Crippen LogP contribution is 2.33. The molecule has 112 valence electrons. The first kappa shape index (κ1) is 14.2. The van der Waals surface area contributed by atoms with Gasteiger partial charge in [-0.3, -0.25) is 10.1 Å². The van der Waals surface area contributed by atoms with E-state index < -0.39 is 0 Å². The molecule has 1 aliphatic rings. The first-order chi connectivity index (χ1) is 10.0. The Morgan fingerprint density at radius 1 is 1.52 bits per heavy atom. The molecule has 1 heterocycles. The van der Waals surface area contributed by atoms with E-state index in [0.717, 1.165) is 21.8 Å². The number of likely N-dealkylation sites (N-methyl/N-ethyl adjacent to an activating group) is 1. The molecule has 0 bridgehead atoms. The molecule has 1 aliphatic carbocycles. The number of anilines is 1. The quantitative estimate of drug-likeness (QED) is 0.656. The number of aryl methyl sites for hydroxylation is 1. The van der Waals surface area contributed by atoms with Crippen LogP contribution >= 0.6 is 11.3 Å². The third-order valence-electron chi connectivity index (χ3n) is 3.76. The van der Waals surface area contributed by atoms with Crippen molar-refractivity contribution in [3.63, 3.8) is 0 Å². The minimum absolute atomic E-state index is 0.125. The van der Waals surface area contributed by atoms with E-state index in [-0.39, 0.29) is 10.6 Å². The molecule has 21 heavy (non-hydrogen) atoms. The van der Waals surface area contributed by atoms with Crippen LogP contribution in [0.2, 0.25) is 0 Å². The van der Waals surface area contributed by atoms with Crippen LogP contribution in [-0.4, -0.2) is 41.0 Å². The number of fused-ring (bicyclic) bond motifs is 1. The molecule has 7 heteroatoms. The molecule has 0 spiro atoms. The number of thiazole rings is 1. The van der Waals surface area contributed by atoms with Gasteiger partial charge in [0.15, 0.2) is 0 Å². The third-order valence-corrected chi connectivity index (χ3v) is 4.69. The Labute approximate surface area is 126 Å². The fraction of sp³-hybridized carbons (Fsp3) is 0.500. The van der Waals surface area contributed by atoms with Gasteiger partial charge in [-0.15, -0.1) is 11.3 Å². The summed E-state index contributed by atoms with van der Waals surface area (Å²) in [5.41, 5.74) is 1.50. The second-order valence-electron chi connectivity index (χ2n) is 5.47. The first-order valence-corrected chi connectivity index (χ1v) is 7.86. The van der Waals surface area contributed by atoms with Crippen molar-refractivity contribution in [1.29, 1.82) is 0 Å². The van der Waals surface area contributed by atoms with E-state index >= 15 is 0 Å². The predicted octanol–water partition coefficient (Wildman–Crippen LogP) is 3.02. The number of nitrogens with zero attached hydrogens (tertiary/aromatic N) is 3. The fourth-order valence-electron chi connectivity index (χ4n) is 2.44. The summed E-state index contributed by atoms with van der Waals surface area (Å²) in [6.07, 6.45) is 2.53. The third kappa shape index (κ3) is 3.14. The van der Waals surface area contributed by atoms with E-state index in [1.54, 1.807) is 12.1 Å². The molecule has 0 saturated heterocycles. The first-order valence-electron chi connectivity index (χ1n) is 7.04. The lowest BCUT2D eigenvalue weighted by atomic mass is 10.2. The van der Waals surface area contributed by atoms with Crippen LogP contribution in [0.4, 0.5) is 11.4 Å². The summed E-state index contributed by atoms with van der Waals surface area (Å²) < 4.78 is 0.861. The summed E-state index contributed by atoms with van der Waals surface area (Å²) in [6.45, 7) is 3.49. The van der Waals surface area contributed by atoms with Gasteiger partial charge in [-0.2, -0.15) is 0 Å². The molecular weight excluding hydrogens is 288 g/mol. The number of hydrogen-bond donors (Lipinski definition) is 1. The molecule has 1 fully saturated rings. The van der Waals surface area contributed by atoms with Gasteiger partial charge in [0.1, 0.15) is 5.69 Å². The number of rotatable bonds is 6. The normalized spacial score (nSPS) is 14.8. The average molecular weight is 306 g/mol. The number of nitrogens with one attached hydrogen (secondary N) is 1. The summed E-state index contributed by atoms with van der Waals surface area (Å²) in [4.78, 5) is 17.6. The van der Waals surface area contributed by atoms with Gasteiger partial charge in [0.2, 0.25) is 0 Å². The van der Waals surface area contributed by atoms with Gasteiger partial charge >= 0.3 is 0 Å². The second kappa shape index (κ2) is 5.57. The Kier molecular flexibility index (Phi) is 3.77. The molecule has 0 unspecified atom stereocenters. The molecule has 6 nitrogen and oxygen atoms in total. The topological polar surface area (TPSA) is 71.3 Å². The monoisotopic (exact) mass is 306 g/mol. The summed E-state index contributed by atoms with van der Waals surface area (Å²) in [6, 6.07) is 4.10. The van der Waals surface area contributed by atoms with Crippen LogP contribution in [0.3, 0.4) is 0 Å². The van der Waals surface area contributed by atoms with Crippen molar-refractivity contribution in [2.24, 2.45) is 0 Å². The molecule has 1 aromatic carbocycles. The fourth-order valence-corrected chi connectivity index (χ4v) is 3.28. The maximum Gasteiger partial charge on any atom is 0.293 e. The number of benzene rings is 1. The molecule has 0 atom stereocenters. The Bertz CT molecular complexity index is 681. The zero-order valence-electron chi connectivity index (χ0n) is 12.1. The summed E-state index contributed by atoms with van der Waals surface area (Å²) in [5, 5.41) is 15.3. The molecule has 0 aliphatic heterocycles. The average Bonchev–Trinajstić information content (AvgIpc) is 3.20. The zero-order valence-corrected chi connectivity index (χ0v) is 12.9. The van der Waals surface area contributed by atoms with Crippen molar-refractivity contribution in [2.45, 2.75) is 25.8 Å². The van der Waals surface area contributed by atoms with E-state index in [2.05, 4.69) is 22.2 Å². The van der Waals surface area contributed by atoms with Crippen molar-refractivity contribution in [3.8, 4) is 0 Å². The van der Waals surface area contributed by atoms with Crippen LogP contribution in [0.25, 0.3) is 10.2 Å². The molecule has 0 radical (unpaired) electrons. The van der Waals surface area contributed by atoms with Crippen LogP contribution in [0, 0.1) is 17.0 Å². The van der Waals surface area contributed by atoms with Crippen LogP contribution < -0.4 is 5.32 Å². The summed E-state index contributed by atoms with van der Waals surface area (Å²) in [5.74, 6) is 0. The highest BCUT2D eigenvalue weighted by molar-refractivity contribution is 7.18. The maximum atomic E-state index is 11.2. The highest BCUT2D eigenvalue weighted by atomic mass is 32.1. The predicted molar refractivity (Wildman–Crippen MR) is 85.2 cm³/mol. The molecule has 3 rings (SSSR count). The molecule has 1 saturated carbocycles. The molecule has 1 N–H and O–H groups in total. The van der Waals surface area contributed by atoms with Gasteiger partial charge in [0.25, 0.3) is 5.69 Å². The van der Waals surface area contributed by atoms with Gasteiger partial charge in [-0.1, -0.05) is 0 Å². The standard InChI is InChI=1S/C14H18N4O2S/c1-9-16-12-7-11(13(18(19)20)8-14(12)21-9)15-5-6-17(2)10-3-4-10/h7-8,10,15H,3-6H2,1-2H3. The van der Waals surface area contributed by atoms with Gasteiger partial charge < -0.3 is 10.2 Å². The minimum Gasteiger partial charge on any atom is -0.378 e. The highest BCUT2D eigenvalue weighted by Gasteiger charge is 2.25. The van der Waals surface area contributed by atoms with Crippen LogP contribution in [0.1, 0.15) is 17.8 Å². The lowest BCUT2D eigenvalue weighted by Crippen LogP contribution is -2.27. The smallest absolute Gasteiger partial charge is 0.293 e. The van der Waals surface area contributed by atoms with Crippen molar-refractivity contribution in [3.05, 3.63) is 27.3 Å².